The van der Waals surface area contributed by atoms with Crippen LogP contribution in [-0.2, 0) is 0 Å². The van der Waals surface area contributed by atoms with Gasteiger partial charge in [-0.15, -0.1) is 0 Å². The van der Waals surface area contributed by atoms with Crippen LogP contribution < -0.4 is 0 Å². The summed E-state index contributed by atoms with van der Waals surface area (Å²) < 4.78 is 1.07. The van der Waals surface area contributed by atoms with E-state index in [0.717, 1.165) is 21.5 Å². The van der Waals surface area contributed by atoms with Crippen LogP contribution in [0.15, 0.2) is 64.7 Å². The zero-order chi connectivity index (χ0) is 14.7. The predicted octanol–water partition coefficient (Wildman–Crippen LogP) is 3.45. The Morgan fingerprint density at radius 3 is 2.43 bits per heavy atom. The molecule has 0 aromatic heterocycles. The molecule has 0 radical (unpaired) electrons. The van der Waals surface area contributed by atoms with Crippen LogP contribution in [0.5, 0.6) is 0 Å². The Labute approximate surface area is 131 Å². The van der Waals surface area contributed by atoms with E-state index in [2.05, 4.69) is 31.2 Å². The molecule has 1 aliphatic rings. The molecule has 3 rings (SSSR count). The summed E-state index contributed by atoms with van der Waals surface area (Å²) in [7, 11) is 1.98. The van der Waals surface area contributed by atoms with Gasteiger partial charge in [-0.05, 0) is 0 Å². The fourth-order valence-corrected chi connectivity index (χ4v) is 3.95. The Morgan fingerprint density at radius 2 is 1.76 bits per heavy atom. The van der Waals surface area contributed by atoms with Crippen molar-refractivity contribution in [2.45, 2.75) is 12.2 Å². The number of amidine groups is 1. The van der Waals surface area contributed by atoms with Crippen LogP contribution in [0.2, 0.25) is 5.32 Å². The van der Waals surface area contributed by atoms with Crippen molar-refractivity contribution >= 4 is 31.1 Å². The summed E-state index contributed by atoms with van der Waals surface area (Å²) >= 11 is 0.312. The first-order valence-corrected chi connectivity index (χ1v) is 8.94. The van der Waals surface area contributed by atoms with Gasteiger partial charge >= 0.3 is 131 Å². The Balaban J connectivity index is 1.83. The van der Waals surface area contributed by atoms with Crippen LogP contribution in [0.25, 0.3) is 0 Å². The molecule has 4 heteroatoms. The first kappa shape index (κ1) is 14.1. The van der Waals surface area contributed by atoms with Crippen LogP contribution in [0.1, 0.15) is 11.1 Å². The Hall–Kier alpha value is -1.90. The van der Waals surface area contributed by atoms with Crippen LogP contribution in [0.4, 0.5) is 5.69 Å². The Kier molecular flexibility index (Phi) is 4.18. The standard InChI is InChI=1S/C17H17N3Se/c1-13-8-10-14(11-9-13)16-12-21-17(20(2)19-16)18-15-6-4-3-5-7-15/h3-11H,12H2,1-2H3. The first-order valence-electron chi connectivity index (χ1n) is 6.87. The molecule has 0 N–H and O–H groups in total. The minimum atomic E-state index is 0.312. The van der Waals surface area contributed by atoms with Gasteiger partial charge in [-0.2, -0.15) is 0 Å². The molecule has 0 saturated heterocycles. The monoisotopic (exact) mass is 343 g/mol. The maximum atomic E-state index is 4.70. The quantitative estimate of drug-likeness (QED) is 0.768. The molecule has 0 fully saturated rings. The fourth-order valence-electron chi connectivity index (χ4n) is 2.08. The Morgan fingerprint density at radius 1 is 1.05 bits per heavy atom. The van der Waals surface area contributed by atoms with E-state index in [1.807, 2.05) is 42.4 Å². The third-order valence-corrected chi connectivity index (χ3v) is 5.42. The van der Waals surface area contributed by atoms with Crippen molar-refractivity contribution in [3.8, 4) is 0 Å². The molecule has 0 saturated carbocycles. The van der Waals surface area contributed by atoms with Crippen LogP contribution in [0, 0.1) is 6.92 Å². The average molecular weight is 342 g/mol. The molecule has 2 aromatic rings. The molecule has 0 spiro atoms. The molecule has 1 heterocycles. The zero-order valence-corrected chi connectivity index (χ0v) is 13.9. The van der Waals surface area contributed by atoms with E-state index >= 15 is 0 Å². The zero-order valence-electron chi connectivity index (χ0n) is 12.2. The van der Waals surface area contributed by atoms with Gasteiger partial charge in [0.2, 0.25) is 0 Å². The van der Waals surface area contributed by atoms with Crippen molar-refractivity contribution in [3.05, 3.63) is 65.7 Å². The number of para-hydroxylation sites is 1. The summed E-state index contributed by atoms with van der Waals surface area (Å²) in [6.45, 7) is 2.10. The van der Waals surface area contributed by atoms with Crippen LogP contribution >= 0.6 is 0 Å². The van der Waals surface area contributed by atoms with E-state index in [9.17, 15) is 0 Å². The van der Waals surface area contributed by atoms with Crippen molar-refractivity contribution in [3.63, 3.8) is 0 Å². The number of aliphatic imine (C=N–C) groups is 1. The second-order valence-corrected chi connectivity index (χ2v) is 6.93. The summed E-state index contributed by atoms with van der Waals surface area (Å²) in [5, 5.41) is 7.61. The van der Waals surface area contributed by atoms with Gasteiger partial charge in [0, 0.05) is 0 Å². The molecule has 1 aliphatic heterocycles. The molecule has 21 heavy (non-hydrogen) atoms. The molecular formula is C17H17N3Se. The summed E-state index contributed by atoms with van der Waals surface area (Å²) in [5.41, 5.74) is 4.65. The summed E-state index contributed by atoms with van der Waals surface area (Å²) in [6.07, 6.45) is 0. The number of aryl methyl sites for hydroxylation is 1. The van der Waals surface area contributed by atoms with Gasteiger partial charge in [0.05, 0.1) is 0 Å². The molecule has 3 nitrogen and oxygen atoms in total. The van der Waals surface area contributed by atoms with E-state index in [0.29, 0.717) is 15.0 Å². The maximum absolute atomic E-state index is 4.70. The average Bonchev–Trinajstić information content (AvgIpc) is 2.51. The summed E-state index contributed by atoms with van der Waals surface area (Å²) in [4.78, 5) is 4.70. The second-order valence-electron chi connectivity index (χ2n) is 4.95. The minimum absolute atomic E-state index is 0.312. The number of hydrogen-bond acceptors (Lipinski definition) is 2. The summed E-state index contributed by atoms with van der Waals surface area (Å²) in [5.74, 6) is 0. The first-order chi connectivity index (χ1) is 10.2. The normalized spacial score (nSPS) is 17.0. The van der Waals surface area contributed by atoms with Gasteiger partial charge in [-0.25, -0.2) is 0 Å². The van der Waals surface area contributed by atoms with Crippen molar-refractivity contribution in [2.75, 3.05) is 7.05 Å². The number of rotatable bonds is 2. The molecule has 0 bridgehead atoms. The van der Waals surface area contributed by atoms with Crippen LogP contribution in [-0.4, -0.2) is 37.5 Å². The number of hydrogen-bond donors (Lipinski definition) is 0. The van der Waals surface area contributed by atoms with Gasteiger partial charge in [0.25, 0.3) is 0 Å². The van der Waals surface area contributed by atoms with Gasteiger partial charge in [-0.1, -0.05) is 0 Å². The molecular weight excluding hydrogens is 325 g/mol. The van der Waals surface area contributed by atoms with E-state index in [1.165, 1.54) is 11.1 Å². The molecule has 0 amide bonds. The van der Waals surface area contributed by atoms with Gasteiger partial charge in [0.15, 0.2) is 0 Å². The molecule has 0 unspecified atom stereocenters. The van der Waals surface area contributed by atoms with E-state index in [1.54, 1.807) is 0 Å². The topological polar surface area (TPSA) is 28.0 Å². The van der Waals surface area contributed by atoms with Crippen molar-refractivity contribution < 1.29 is 0 Å². The third kappa shape index (κ3) is 3.41. The molecule has 0 atom stereocenters. The van der Waals surface area contributed by atoms with Gasteiger partial charge in [-0.3, -0.25) is 0 Å². The molecule has 0 aliphatic carbocycles. The number of benzene rings is 2. The van der Waals surface area contributed by atoms with Crippen molar-refractivity contribution in [2.24, 2.45) is 10.1 Å². The number of nitrogens with zero attached hydrogens (tertiary/aromatic N) is 3. The van der Waals surface area contributed by atoms with Crippen molar-refractivity contribution in [1.82, 2.24) is 5.01 Å². The van der Waals surface area contributed by atoms with E-state index in [-0.39, 0.29) is 0 Å². The van der Waals surface area contributed by atoms with Gasteiger partial charge in [0.1, 0.15) is 0 Å². The Bertz CT molecular complexity index is 675. The number of hydrazone groups is 1. The fraction of sp³-hybridized carbons (Fsp3) is 0.176. The van der Waals surface area contributed by atoms with Gasteiger partial charge < -0.3 is 0 Å². The van der Waals surface area contributed by atoms with E-state index < -0.39 is 0 Å². The van der Waals surface area contributed by atoms with Crippen molar-refractivity contribution in [1.29, 1.82) is 0 Å². The second kappa shape index (κ2) is 6.25. The molecule has 2 aromatic carbocycles. The predicted molar refractivity (Wildman–Crippen MR) is 89.6 cm³/mol. The third-order valence-electron chi connectivity index (χ3n) is 3.25. The van der Waals surface area contributed by atoms with E-state index in [4.69, 9.17) is 10.1 Å². The molecule has 106 valence electrons. The van der Waals surface area contributed by atoms with Crippen LogP contribution in [0.3, 0.4) is 0 Å². The summed E-state index contributed by atoms with van der Waals surface area (Å²) in [6, 6.07) is 18.7. The SMILES string of the molecule is Cc1ccc(C2=NN(C)C(=Nc3ccccc3)[Se]C2)cc1.